The van der Waals surface area contributed by atoms with E-state index in [1.54, 1.807) is 35.8 Å². The van der Waals surface area contributed by atoms with E-state index < -0.39 is 10.0 Å². The Morgan fingerprint density at radius 3 is 2.72 bits per heavy atom. The van der Waals surface area contributed by atoms with Crippen LogP contribution in [0.25, 0.3) is 5.65 Å². The second kappa shape index (κ2) is 8.30. The van der Waals surface area contributed by atoms with Gasteiger partial charge in [-0.1, -0.05) is 17.8 Å². The fraction of sp³-hybridized carbons (Fsp3) is 0.0500. The van der Waals surface area contributed by atoms with Crippen molar-refractivity contribution in [3.8, 4) is 0 Å². The molecule has 162 valence electrons. The lowest BCUT2D eigenvalue weighted by atomic mass is 10.3. The van der Waals surface area contributed by atoms with Gasteiger partial charge in [-0.15, -0.1) is 11.3 Å². The van der Waals surface area contributed by atoms with E-state index in [2.05, 4.69) is 25.2 Å². The second-order valence-electron chi connectivity index (χ2n) is 6.80. The van der Waals surface area contributed by atoms with Crippen LogP contribution in [-0.4, -0.2) is 33.0 Å². The number of nitrogens with zero attached hydrogens (tertiary/aromatic N) is 4. The SMILES string of the molecule is Cc1cc(Nc2nc(Sc3ccc(NS(=O)(=O)c4cccs4)cc3)cc3nccn23)n[nH]1. The maximum atomic E-state index is 12.4. The number of sulfonamides is 1. The van der Waals surface area contributed by atoms with Gasteiger partial charge in [0.05, 0.1) is 0 Å². The van der Waals surface area contributed by atoms with Crippen LogP contribution in [0.1, 0.15) is 5.69 Å². The lowest BCUT2D eigenvalue weighted by Gasteiger charge is -2.09. The molecule has 4 heterocycles. The average Bonchev–Trinajstić information content (AvgIpc) is 3.51. The highest BCUT2D eigenvalue weighted by atomic mass is 32.2. The fourth-order valence-electron chi connectivity index (χ4n) is 2.97. The van der Waals surface area contributed by atoms with E-state index in [1.807, 2.05) is 41.8 Å². The van der Waals surface area contributed by atoms with Crippen molar-refractivity contribution in [2.75, 3.05) is 10.0 Å². The number of aromatic nitrogens is 5. The van der Waals surface area contributed by atoms with Gasteiger partial charge >= 0.3 is 0 Å². The summed E-state index contributed by atoms with van der Waals surface area (Å²) >= 11 is 2.63. The first-order chi connectivity index (χ1) is 15.5. The van der Waals surface area contributed by atoms with Crippen molar-refractivity contribution in [2.45, 2.75) is 21.1 Å². The molecule has 0 saturated carbocycles. The topological polar surface area (TPSA) is 117 Å². The monoisotopic (exact) mass is 483 g/mol. The third-order valence-electron chi connectivity index (χ3n) is 4.40. The van der Waals surface area contributed by atoms with E-state index >= 15 is 0 Å². The van der Waals surface area contributed by atoms with Crippen molar-refractivity contribution in [1.29, 1.82) is 0 Å². The number of nitrogens with one attached hydrogen (secondary N) is 3. The number of hydrogen-bond acceptors (Lipinski definition) is 8. The van der Waals surface area contributed by atoms with E-state index in [-0.39, 0.29) is 4.21 Å². The number of imidazole rings is 1. The van der Waals surface area contributed by atoms with E-state index in [0.717, 1.165) is 21.3 Å². The summed E-state index contributed by atoms with van der Waals surface area (Å²) in [6, 6.07) is 14.2. The van der Waals surface area contributed by atoms with Crippen LogP contribution in [0.15, 0.2) is 80.4 Å². The van der Waals surface area contributed by atoms with Crippen molar-refractivity contribution < 1.29 is 8.42 Å². The number of anilines is 3. The molecule has 12 heteroatoms. The van der Waals surface area contributed by atoms with Crippen LogP contribution >= 0.6 is 23.1 Å². The molecule has 0 unspecified atom stereocenters. The van der Waals surface area contributed by atoms with Crippen LogP contribution in [0.3, 0.4) is 0 Å². The van der Waals surface area contributed by atoms with E-state index in [1.165, 1.54) is 23.1 Å². The van der Waals surface area contributed by atoms with Gasteiger partial charge in [0.25, 0.3) is 10.0 Å². The van der Waals surface area contributed by atoms with Crippen molar-refractivity contribution >= 4 is 56.2 Å². The summed E-state index contributed by atoms with van der Waals surface area (Å²) in [5, 5.41) is 12.8. The number of aryl methyl sites for hydroxylation is 1. The highest BCUT2D eigenvalue weighted by Crippen LogP contribution is 2.30. The zero-order valence-corrected chi connectivity index (χ0v) is 19.1. The maximum Gasteiger partial charge on any atom is 0.271 e. The zero-order valence-electron chi connectivity index (χ0n) is 16.7. The van der Waals surface area contributed by atoms with Crippen LogP contribution in [-0.2, 0) is 10.0 Å². The van der Waals surface area contributed by atoms with Crippen LogP contribution in [0.4, 0.5) is 17.5 Å². The van der Waals surface area contributed by atoms with Crippen molar-refractivity contribution in [1.82, 2.24) is 24.6 Å². The molecule has 0 fully saturated rings. The van der Waals surface area contributed by atoms with Crippen LogP contribution in [0.2, 0.25) is 0 Å². The highest BCUT2D eigenvalue weighted by molar-refractivity contribution is 7.99. The fourth-order valence-corrected chi connectivity index (χ4v) is 5.83. The molecule has 0 aliphatic carbocycles. The summed E-state index contributed by atoms with van der Waals surface area (Å²) in [5.41, 5.74) is 2.18. The van der Waals surface area contributed by atoms with Gasteiger partial charge in [-0.05, 0) is 42.6 Å². The number of H-pyrrole nitrogens is 1. The Balaban J connectivity index is 1.36. The molecule has 0 radical (unpaired) electrons. The molecule has 3 N–H and O–H groups in total. The average molecular weight is 484 g/mol. The minimum Gasteiger partial charge on any atom is -0.308 e. The van der Waals surface area contributed by atoms with Gasteiger partial charge in [0.1, 0.15) is 14.9 Å². The number of hydrogen-bond donors (Lipinski definition) is 3. The molecule has 5 aromatic rings. The van der Waals surface area contributed by atoms with Gasteiger partial charge in [-0.25, -0.2) is 18.4 Å². The maximum absolute atomic E-state index is 12.4. The van der Waals surface area contributed by atoms with E-state index in [0.29, 0.717) is 17.5 Å². The second-order valence-corrected chi connectivity index (χ2v) is 10.7. The number of benzene rings is 1. The molecular formula is C20H17N7O2S3. The zero-order chi connectivity index (χ0) is 22.1. The van der Waals surface area contributed by atoms with Crippen LogP contribution in [0.5, 0.6) is 0 Å². The highest BCUT2D eigenvalue weighted by Gasteiger charge is 2.15. The van der Waals surface area contributed by atoms with E-state index in [4.69, 9.17) is 4.98 Å². The summed E-state index contributed by atoms with van der Waals surface area (Å²) in [6.07, 6.45) is 3.54. The molecule has 4 aromatic heterocycles. The number of aromatic amines is 1. The van der Waals surface area contributed by atoms with Gasteiger partial charge in [0.15, 0.2) is 5.82 Å². The third kappa shape index (κ3) is 4.33. The van der Waals surface area contributed by atoms with Gasteiger partial charge < -0.3 is 5.32 Å². The quantitative estimate of drug-likeness (QED) is 0.291. The van der Waals surface area contributed by atoms with Crippen molar-refractivity contribution in [3.05, 3.63) is 72.0 Å². The summed E-state index contributed by atoms with van der Waals surface area (Å²) in [5.74, 6) is 1.25. The Morgan fingerprint density at radius 2 is 2.00 bits per heavy atom. The predicted octanol–water partition coefficient (Wildman–Crippen LogP) is 4.52. The number of rotatable bonds is 7. The Kier molecular flexibility index (Phi) is 5.33. The van der Waals surface area contributed by atoms with Gasteiger partial charge in [-0.2, -0.15) is 5.10 Å². The molecular weight excluding hydrogens is 466 g/mol. The molecule has 0 atom stereocenters. The third-order valence-corrected chi connectivity index (χ3v) is 8.11. The standard InChI is InChI=1S/C20H17N7O2S3/c1-13-11-16(25-24-13)22-20-23-18(12-17-21-8-9-27(17)20)31-15-6-4-14(5-7-15)26-32(28,29)19-3-2-10-30-19/h2-12,26H,1H3,(H2,22,23,24,25). The number of thiophene rings is 1. The molecule has 0 bridgehead atoms. The Morgan fingerprint density at radius 1 is 1.16 bits per heavy atom. The van der Waals surface area contributed by atoms with Crippen molar-refractivity contribution in [3.63, 3.8) is 0 Å². The van der Waals surface area contributed by atoms with Gasteiger partial charge in [0.2, 0.25) is 5.95 Å². The largest absolute Gasteiger partial charge is 0.308 e. The van der Waals surface area contributed by atoms with Crippen molar-refractivity contribution in [2.24, 2.45) is 0 Å². The Bertz CT molecular complexity index is 1470. The van der Waals surface area contributed by atoms with E-state index in [9.17, 15) is 8.42 Å². The molecule has 32 heavy (non-hydrogen) atoms. The number of fused-ring (bicyclic) bond motifs is 1. The lowest BCUT2D eigenvalue weighted by Crippen LogP contribution is -2.11. The van der Waals surface area contributed by atoms with Crippen LogP contribution in [0, 0.1) is 6.92 Å². The molecule has 0 saturated heterocycles. The summed E-state index contributed by atoms with van der Waals surface area (Å²) in [7, 11) is -3.57. The molecule has 0 aliphatic rings. The summed E-state index contributed by atoms with van der Waals surface area (Å²) < 4.78 is 29.5. The smallest absolute Gasteiger partial charge is 0.271 e. The molecule has 0 aliphatic heterocycles. The normalized spacial score (nSPS) is 11.7. The minimum atomic E-state index is -3.57. The molecule has 5 rings (SSSR count). The summed E-state index contributed by atoms with van der Waals surface area (Å²) in [6.45, 7) is 1.93. The van der Waals surface area contributed by atoms with Gasteiger partial charge in [-0.3, -0.25) is 14.2 Å². The van der Waals surface area contributed by atoms with Crippen LogP contribution < -0.4 is 10.0 Å². The minimum absolute atomic E-state index is 0.278. The lowest BCUT2D eigenvalue weighted by molar-refractivity contribution is 0.603. The van der Waals surface area contributed by atoms with Gasteiger partial charge in [0, 0.05) is 40.8 Å². The Hall–Kier alpha value is -3.35. The molecule has 1 aromatic carbocycles. The molecule has 0 spiro atoms. The molecule has 9 nitrogen and oxygen atoms in total. The Labute approximate surface area is 192 Å². The summed E-state index contributed by atoms with van der Waals surface area (Å²) in [4.78, 5) is 9.98. The first-order valence-corrected chi connectivity index (χ1v) is 12.6. The first kappa shape index (κ1) is 20.5. The molecule has 0 amide bonds. The predicted molar refractivity (Wildman–Crippen MR) is 125 cm³/mol. The first-order valence-electron chi connectivity index (χ1n) is 9.44.